The van der Waals surface area contributed by atoms with E-state index in [1.54, 1.807) is 13.8 Å². The zero-order valence-corrected chi connectivity index (χ0v) is 16.2. The largest absolute Gasteiger partial charge is 0.475 e. The van der Waals surface area contributed by atoms with E-state index in [4.69, 9.17) is 47.2 Å². The predicted octanol–water partition coefficient (Wildman–Crippen LogP) is 2.43. The van der Waals surface area contributed by atoms with Gasteiger partial charge in [0.25, 0.3) is 0 Å². The Labute approximate surface area is 158 Å². The molecule has 0 bridgehead atoms. The van der Waals surface area contributed by atoms with Crippen molar-refractivity contribution in [1.29, 1.82) is 0 Å². The fourth-order valence-corrected chi connectivity index (χ4v) is 5.33. The highest BCUT2D eigenvalue weighted by Gasteiger charge is 2.62. The second-order valence-corrected chi connectivity index (χ2v) is 9.23. The molecule has 2 aromatic heterocycles. The van der Waals surface area contributed by atoms with Gasteiger partial charge in [0.05, 0.1) is 19.0 Å². The van der Waals surface area contributed by atoms with E-state index in [1.807, 2.05) is 0 Å². The van der Waals surface area contributed by atoms with Gasteiger partial charge in [-0.15, -0.1) is 0 Å². The first-order valence-corrected chi connectivity index (χ1v) is 10.0. The summed E-state index contributed by atoms with van der Waals surface area (Å²) < 4.78 is 34.5. The van der Waals surface area contributed by atoms with Crippen molar-refractivity contribution >= 4 is 48.0 Å². The number of halogens is 2. The maximum Gasteiger partial charge on any atom is 0.475 e. The summed E-state index contributed by atoms with van der Waals surface area (Å²) in [7, 11) is -3.80. The molecular formula is C13H16Cl2N5O5P. The number of ether oxygens (including phenoxy) is 1. The molecule has 4 atom stereocenters. The van der Waals surface area contributed by atoms with Gasteiger partial charge in [0, 0.05) is 0 Å². The second kappa shape index (κ2) is 6.27. The summed E-state index contributed by atoms with van der Waals surface area (Å²) in [6.45, 7) is 3.38. The van der Waals surface area contributed by atoms with Crippen molar-refractivity contribution in [3.63, 3.8) is 0 Å². The minimum absolute atomic E-state index is 0.0455. The van der Waals surface area contributed by atoms with Gasteiger partial charge in [0.1, 0.15) is 24.1 Å². The van der Waals surface area contributed by atoms with Crippen LogP contribution in [0.5, 0.6) is 0 Å². The van der Waals surface area contributed by atoms with Crippen LogP contribution in [0.15, 0.2) is 12.7 Å². The standard InChI is InChI=1S/C13H16Cl2N5O5P/c1-6(2)24-26(21)22-3-7-9(25-26)13(14,15)12(23-7)20-5-19-8-10(16)17-4-18-11(8)20/h4-7,9,12H,3H2,1-2H3,(H2,16,17,18)/t7-,9-,12-,26+/m1/s1. The quantitative estimate of drug-likeness (QED) is 0.584. The Balaban J connectivity index is 1.68. The molecule has 0 spiro atoms. The third-order valence-electron chi connectivity index (χ3n) is 3.97. The SMILES string of the molecule is CC(C)O[P@]1(=O)OC[C@H]2O[C@@H](n3cnc4c(N)ncnc43)C(Cl)(Cl)[C@@H]2O1. The molecule has 0 aliphatic carbocycles. The number of imidazole rings is 1. The first-order chi connectivity index (χ1) is 12.2. The zero-order chi connectivity index (χ0) is 18.7. The maximum atomic E-state index is 12.6. The first-order valence-electron chi connectivity index (χ1n) is 7.79. The molecule has 0 saturated carbocycles. The van der Waals surface area contributed by atoms with Gasteiger partial charge in [-0.05, 0) is 13.8 Å². The third kappa shape index (κ3) is 2.90. The highest BCUT2D eigenvalue weighted by molar-refractivity contribution is 7.48. The second-order valence-electron chi connectivity index (χ2n) is 6.21. The van der Waals surface area contributed by atoms with E-state index < -0.39 is 30.6 Å². The van der Waals surface area contributed by atoms with E-state index in [0.717, 1.165) is 0 Å². The highest BCUT2D eigenvalue weighted by atomic mass is 35.5. The van der Waals surface area contributed by atoms with Crippen LogP contribution in [0.4, 0.5) is 5.82 Å². The Morgan fingerprint density at radius 2 is 2.19 bits per heavy atom. The van der Waals surface area contributed by atoms with Crippen LogP contribution in [0.2, 0.25) is 0 Å². The van der Waals surface area contributed by atoms with Crippen LogP contribution in [0, 0.1) is 0 Å². The van der Waals surface area contributed by atoms with Gasteiger partial charge in [-0.2, -0.15) is 0 Å². The van der Waals surface area contributed by atoms with Crippen LogP contribution in [0.25, 0.3) is 11.2 Å². The van der Waals surface area contributed by atoms with Crippen LogP contribution in [0.3, 0.4) is 0 Å². The lowest BCUT2D eigenvalue weighted by Gasteiger charge is -2.33. The zero-order valence-electron chi connectivity index (χ0n) is 13.8. The molecule has 2 aliphatic heterocycles. The number of alkyl halides is 2. The Morgan fingerprint density at radius 1 is 1.42 bits per heavy atom. The topological polar surface area (TPSA) is 124 Å². The normalized spacial score (nSPS) is 33.7. The number of hydrogen-bond donors (Lipinski definition) is 1. The van der Waals surface area contributed by atoms with Gasteiger partial charge in [-0.25, -0.2) is 19.5 Å². The minimum Gasteiger partial charge on any atom is -0.382 e. The van der Waals surface area contributed by atoms with Gasteiger partial charge in [0.2, 0.25) is 0 Å². The molecule has 0 amide bonds. The van der Waals surface area contributed by atoms with Crippen LogP contribution in [-0.4, -0.2) is 48.8 Å². The number of rotatable bonds is 3. The summed E-state index contributed by atoms with van der Waals surface area (Å²) in [4.78, 5) is 12.2. The van der Waals surface area contributed by atoms with Crippen LogP contribution in [-0.2, 0) is 22.9 Å². The predicted molar refractivity (Wildman–Crippen MR) is 92.7 cm³/mol. The molecule has 0 unspecified atom stereocenters. The van der Waals surface area contributed by atoms with E-state index in [-0.39, 0.29) is 18.5 Å². The lowest BCUT2D eigenvalue weighted by atomic mass is 10.2. The Bertz CT molecular complexity index is 893. The van der Waals surface area contributed by atoms with E-state index in [1.165, 1.54) is 17.2 Å². The number of aromatic nitrogens is 4. The van der Waals surface area contributed by atoms with Crippen molar-refractivity contribution in [2.24, 2.45) is 0 Å². The summed E-state index contributed by atoms with van der Waals surface area (Å²) in [5, 5.41) is 0. The minimum atomic E-state index is -3.80. The molecule has 142 valence electrons. The van der Waals surface area contributed by atoms with Gasteiger partial charge in [-0.1, -0.05) is 23.2 Å². The van der Waals surface area contributed by atoms with E-state index in [2.05, 4.69) is 15.0 Å². The Kier molecular flexibility index (Phi) is 4.43. The summed E-state index contributed by atoms with van der Waals surface area (Å²) in [6.07, 6.45) is -0.133. The molecule has 2 aromatic rings. The lowest BCUT2D eigenvalue weighted by Crippen LogP contribution is -2.42. The molecule has 2 aliphatic rings. The van der Waals surface area contributed by atoms with E-state index in [0.29, 0.717) is 11.2 Å². The Hall–Kier alpha value is -1.00. The molecule has 2 N–H and O–H groups in total. The lowest BCUT2D eigenvalue weighted by molar-refractivity contribution is -0.0733. The van der Waals surface area contributed by atoms with Crippen LogP contribution in [0.1, 0.15) is 20.1 Å². The van der Waals surface area contributed by atoms with Crippen molar-refractivity contribution in [1.82, 2.24) is 19.5 Å². The average Bonchev–Trinajstić information content (AvgIpc) is 3.07. The fraction of sp³-hybridized carbons (Fsp3) is 0.615. The Morgan fingerprint density at radius 3 is 2.92 bits per heavy atom. The van der Waals surface area contributed by atoms with Crippen molar-refractivity contribution in [2.75, 3.05) is 12.3 Å². The van der Waals surface area contributed by atoms with Crippen molar-refractivity contribution in [2.45, 2.75) is 42.7 Å². The van der Waals surface area contributed by atoms with Gasteiger partial charge >= 0.3 is 7.82 Å². The summed E-state index contributed by atoms with van der Waals surface area (Å²) >= 11 is 13.1. The molecular weight excluding hydrogens is 408 g/mol. The van der Waals surface area contributed by atoms with Crippen LogP contribution >= 0.6 is 31.0 Å². The van der Waals surface area contributed by atoms with Gasteiger partial charge in [-0.3, -0.25) is 18.1 Å². The summed E-state index contributed by atoms with van der Waals surface area (Å²) in [5.74, 6) is 0.216. The molecule has 26 heavy (non-hydrogen) atoms. The number of fused-ring (bicyclic) bond motifs is 2. The van der Waals surface area contributed by atoms with E-state index in [9.17, 15) is 4.57 Å². The number of nitrogen functional groups attached to an aromatic ring is 1. The van der Waals surface area contributed by atoms with Gasteiger partial charge < -0.3 is 10.5 Å². The van der Waals surface area contributed by atoms with Crippen molar-refractivity contribution in [3.05, 3.63) is 12.7 Å². The van der Waals surface area contributed by atoms with E-state index >= 15 is 0 Å². The molecule has 2 fully saturated rings. The number of phosphoric acid groups is 1. The molecule has 0 radical (unpaired) electrons. The summed E-state index contributed by atoms with van der Waals surface area (Å²) in [5.41, 5.74) is 6.59. The fourth-order valence-electron chi connectivity index (χ4n) is 2.92. The molecule has 13 heteroatoms. The van der Waals surface area contributed by atoms with Crippen molar-refractivity contribution in [3.8, 4) is 0 Å². The van der Waals surface area contributed by atoms with Crippen LogP contribution < -0.4 is 5.73 Å². The molecule has 4 heterocycles. The third-order valence-corrected chi connectivity index (χ3v) is 6.40. The first kappa shape index (κ1) is 18.4. The maximum absolute atomic E-state index is 12.6. The average molecular weight is 424 g/mol. The number of nitrogens with zero attached hydrogens (tertiary/aromatic N) is 4. The number of hydrogen-bond acceptors (Lipinski definition) is 9. The number of nitrogens with two attached hydrogens (primary N) is 1. The monoisotopic (exact) mass is 423 g/mol. The number of phosphoric ester groups is 1. The number of anilines is 1. The molecule has 0 aromatic carbocycles. The highest BCUT2D eigenvalue weighted by Crippen LogP contribution is 2.61. The van der Waals surface area contributed by atoms with Crippen molar-refractivity contribution < 1.29 is 22.9 Å². The molecule has 4 rings (SSSR count). The molecule has 2 saturated heterocycles. The summed E-state index contributed by atoms with van der Waals surface area (Å²) in [6, 6.07) is 0. The smallest absolute Gasteiger partial charge is 0.382 e. The molecule has 10 nitrogen and oxygen atoms in total. The van der Waals surface area contributed by atoms with Gasteiger partial charge in [0.15, 0.2) is 22.0 Å².